The van der Waals surface area contributed by atoms with Gasteiger partial charge in [0, 0.05) is 6.42 Å². The van der Waals surface area contributed by atoms with Crippen molar-refractivity contribution >= 4 is 18.4 Å². The smallest absolute Gasteiger partial charge is 0.423 e. The molecule has 1 heterocycles. The molecule has 26 heavy (non-hydrogen) atoms. The molecule has 0 bridgehead atoms. The summed E-state index contributed by atoms with van der Waals surface area (Å²) in [7, 11) is -1.10. The Balaban J connectivity index is 1.85. The number of Topliss-reactive ketones (excluding diaryl/α,β-unsaturated/α-hetero) is 1. The number of ether oxygens (including phenoxy) is 1. The largest absolute Gasteiger partial charge is 0.573 e. The van der Waals surface area contributed by atoms with Gasteiger partial charge in [-0.3, -0.25) is 4.79 Å². The van der Waals surface area contributed by atoms with Crippen molar-refractivity contribution in [3.8, 4) is 5.75 Å². The number of carbonyl (C=O) groups is 1. The molecule has 0 unspecified atom stereocenters. The fourth-order valence-corrected chi connectivity index (χ4v) is 3.07. The first-order valence-corrected chi connectivity index (χ1v) is 7.94. The number of rotatable bonds is 4. The zero-order valence-electron chi connectivity index (χ0n) is 14.1. The van der Waals surface area contributed by atoms with Gasteiger partial charge in [-0.2, -0.15) is 0 Å². The molecular weight excluding hydrogens is 348 g/mol. The number of ketones is 1. The number of alkyl halides is 3. The number of benzene rings is 2. The third kappa shape index (κ3) is 3.76. The normalized spacial score (nSPS) is 15.7. The molecule has 0 amide bonds. The van der Waals surface area contributed by atoms with E-state index in [0.717, 1.165) is 11.6 Å². The molecule has 0 aromatic heterocycles. The van der Waals surface area contributed by atoms with Gasteiger partial charge >= 0.3 is 13.5 Å². The van der Waals surface area contributed by atoms with E-state index in [9.17, 15) is 23.0 Å². The van der Waals surface area contributed by atoms with Crippen molar-refractivity contribution in [2.45, 2.75) is 32.2 Å². The molecule has 0 fully saturated rings. The number of halogens is 3. The topological polar surface area (TPSA) is 55.8 Å². The van der Waals surface area contributed by atoms with Crippen molar-refractivity contribution in [2.75, 3.05) is 0 Å². The van der Waals surface area contributed by atoms with Crippen molar-refractivity contribution in [1.29, 1.82) is 0 Å². The predicted molar refractivity (Wildman–Crippen MR) is 89.3 cm³/mol. The molecule has 2 aromatic carbocycles. The van der Waals surface area contributed by atoms with Crippen LogP contribution in [0.3, 0.4) is 0 Å². The van der Waals surface area contributed by atoms with Crippen LogP contribution in [-0.2, 0) is 16.7 Å². The van der Waals surface area contributed by atoms with Crippen LogP contribution in [0, 0.1) is 0 Å². The van der Waals surface area contributed by atoms with Crippen LogP contribution in [0.2, 0.25) is 0 Å². The third-order valence-electron chi connectivity index (χ3n) is 4.21. The minimum absolute atomic E-state index is 0.126. The number of fused-ring (bicyclic) bond motifs is 1. The highest BCUT2D eigenvalue weighted by Gasteiger charge is 2.40. The Hall–Kier alpha value is -2.32. The molecular formula is C18H16BF3O4. The molecule has 0 spiro atoms. The molecule has 1 aliphatic heterocycles. The Labute approximate surface area is 148 Å². The molecule has 136 valence electrons. The summed E-state index contributed by atoms with van der Waals surface area (Å²) in [5.74, 6) is -1.05. The predicted octanol–water partition coefficient (Wildman–Crippen LogP) is 2.96. The number of hydrogen-bond acceptors (Lipinski definition) is 4. The van der Waals surface area contributed by atoms with Gasteiger partial charge in [0.25, 0.3) is 0 Å². The Morgan fingerprint density at radius 3 is 2.62 bits per heavy atom. The molecule has 1 aliphatic rings. The molecule has 4 nitrogen and oxygen atoms in total. The van der Waals surface area contributed by atoms with Gasteiger partial charge in [-0.25, -0.2) is 0 Å². The summed E-state index contributed by atoms with van der Waals surface area (Å²) in [4.78, 5) is 12.5. The minimum Gasteiger partial charge on any atom is -0.423 e. The van der Waals surface area contributed by atoms with E-state index in [0.29, 0.717) is 11.0 Å². The minimum atomic E-state index is -4.88. The zero-order valence-corrected chi connectivity index (χ0v) is 14.1. The van der Waals surface area contributed by atoms with E-state index in [1.54, 1.807) is 18.2 Å². The first-order valence-electron chi connectivity index (χ1n) is 7.94. The van der Waals surface area contributed by atoms with Crippen molar-refractivity contribution in [3.05, 3.63) is 59.2 Å². The molecule has 2 aromatic rings. The maximum absolute atomic E-state index is 12.5. The van der Waals surface area contributed by atoms with Gasteiger partial charge in [0.2, 0.25) is 0 Å². The second kappa shape index (κ2) is 6.44. The van der Waals surface area contributed by atoms with Crippen LogP contribution in [0.4, 0.5) is 13.2 Å². The highest BCUT2D eigenvalue weighted by Crippen LogP contribution is 2.31. The van der Waals surface area contributed by atoms with Crippen LogP contribution in [0.5, 0.6) is 5.75 Å². The van der Waals surface area contributed by atoms with Gasteiger partial charge in [-0.05, 0) is 42.6 Å². The monoisotopic (exact) mass is 364 g/mol. The van der Waals surface area contributed by atoms with E-state index in [1.807, 2.05) is 13.8 Å². The standard InChI is InChI=1S/C18H16BF3O4/c1-17(2)13-8-7-11(9-14(13)19(24)26-17)10-15(23)12-5-3-4-6-16(12)25-18(20,21)22/h3-9,24H,10H2,1-2H3. The van der Waals surface area contributed by atoms with Gasteiger partial charge in [0.1, 0.15) is 5.75 Å². The van der Waals surface area contributed by atoms with Crippen LogP contribution in [-0.4, -0.2) is 24.3 Å². The average Bonchev–Trinajstić information content (AvgIpc) is 2.75. The molecule has 0 atom stereocenters. The summed E-state index contributed by atoms with van der Waals surface area (Å²) in [6.45, 7) is 3.63. The van der Waals surface area contributed by atoms with Gasteiger partial charge in [0.05, 0.1) is 11.2 Å². The second-order valence-electron chi connectivity index (χ2n) is 6.55. The fraction of sp³-hybridized carbons (Fsp3) is 0.278. The summed E-state index contributed by atoms with van der Waals surface area (Å²) in [5.41, 5.74) is 1.13. The van der Waals surface area contributed by atoms with Crippen LogP contribution in [0.1, 0.15) is 35.3 Å². The summed E-state index contributed by atoms with van der Waals surface area (Å²) < 4.78 is 46.9. The molecule has 0 aliphatic carbocycles. The van der Waals surface area contributed by atoms with Crippen molar-refractivity contribution in [3.63, 3.8) is 0 Å². The zero-order chi connectivity index (χ0) is 19.1. The molecule has 0 saturated carbocycles. The molecule has 0 saturated heterocycles. The van der Waals surface area contributed by atoms with Crippen molar-refractivity contribution < 1.29 is 32.4 Å². The highest BCUT2D eigenvalue weighted by molar-refractivity contribution is 6.62. The lowest BCUT2D eigenvalue weighted by molar-refractivity contribution is -0.274. The highest BCUT2D eigenvalue weighted by atomic mass is 19.4. The molecule has 3 rings (SSSR count). The second-order valence-corrected chi connectivity index (χ2v) is 6.55. The lowest BCUT2D eigenvalue weighted by Gasteiger charge is -2.19. The Kier molecular flexibility index (Phi) is 4.58. The van der Waals surface area contributed by atoms with E-state index < -0.39 is 30.6 Å². The summed E-state index contributed by atoms with van der Waals surface area (Å²) in [5, 5.41) is 10.0. The summed E-state index contributed by atoms with van der Waals surface area (Å²) in [6.07, 6.45) is -5.00. The van der Waals surface area contributed by atoms with E-state index in [4.69, 9.17) is 4.65 Å². The first kappa shape index (κ1) is 18.5. The van der Waals surface area contributed by atoms with Crippen molar-refractivity contribution in [2.24, 2.45) is 0 Å². The van der Waals surface area contributed by atoms with Gasteiger partial charge in [-0.15, -0.1) is 13.2 Å². The summed E-state index contributed by atoms with van der Waals surface area (Å²) >= 11 is 0. The molecule has 8 heteroatoms. The van der Waals surface area contributed by atoms with E-state index in [1.165, 1.54) is 18.2 Å². The van der Waals surface area contributed by atoms with E-state index >= 15 is 0 Å². The average molecular weight is 364 g/mol. The maximum atomic E-state index is 12.5. The summed E-state index contributed by atoms with van der Waals surface area (Å²) in [6, 6.07) is 10.3. The Morgan fingerprint density at radius 2 is 1.92 bits per heavy atom. The third-order valence-corrected chi connectivity index (χ3v) is 4.21. The fourth-order valence-electron chi connectivity index (χ4n) is 3.07. The van der Waals surface area contributed by atoms with Crippen molar-refractivity contribution in [1.82, 2.24) is 0 Å². The van der Waals surface area contributed by atoms with Crippen LogP contribution < -0.4 is 10.2 Å². The maximum Gasteiger partial charge on any atom is 0.573 e. The Bertz CT molecular complexity index is 849. The lowest BCUT2D eigenvalue weighted by atomic mass is 9.77. The SMILES string of the molecule is CC1(C)OB(O)c2cc(CC(=O)c3ccccc3OC(F)(F)F)ccc21. The van der Waals surface area contributed by atoms with E-state index in [-0.39, 0.29) is 12.0 Å². The first-order chi connectivity index (χ1) is 12.1. The van der Waals surface area contributed by atoms with Gasteiger partial charge in [0.15, 0.2) is 5.78 Å². The van der Waals surface area contributed by atoms with Crippen LogP contribution in [0.25, 0.3) is 0 Å². The van der Waals surface area contributed by atoms with Gasteiger partial charge < -0.3 is 14.4 Å². The quantitative estimate of drug-likeness (QED) is 0.670. The van der Waals surface area contributed by atoms with E-state index in [2.05, 4.69) is 4.74 Å². The number of hydrogen-bond donors (Lipinski definition) is 1. The lowest BCUT2D eigenvalue weighted by Crippen LogP contribution is -2.29. The molecule has 0 radical (unpaired) electrons. The number of carbonyl (C=O) groups excluding carboxylic acids is 1. The Morgan fingerprint density at radius 1 is 1.23 bits per heavy atom. The number of para-hydroxylation sites is 1. The molecule has 1 N–H and O–H groups in total. The van der Waals surface area contributed by atoms with Crippen LogP contribution in [0.15, 0.2) is 42.5 Å². The van der Waals surface area contributed by atoms with Crippen LogP contribution >= 0.6 is 0 Å². The van der Waals surface area contributed by atoms with Gasteiger partial charge in [-0.1, -0.05) is 30.3 Å².